The molecule has 0 saturated heterocycles. The monoisotopic (exact) mass is 403 g/mol. The zero-order valence-electron chi connectivity index (χ0n) is 16.7. The largest absolute Gasteiger partial charge is 0.345 e. The summed E-state index contributed by atoms with van der Waals surface area (Å²) in [4.78, 5) is 25.9. The van der Waals surface area contributed by atoms with Gasteiger partial charge in [-0.15, -0.1) is 0 Å². The van der Waals surface area contributed by atoms with Crippen molar-refractivity contribution < 1.29 is 18.0 Å². The van der Waals surface area contributed by atoms with Crippen LogP contribution in [0.25, 0.3) is 0 Å². The molecule has 0 unspecified atom stereocenters. The molecule has 0 aliphatic rings. The van der Waals surface area contributed by atoms with E-state index in [1.165, 1.54) is 17.0 Å². The molecule has 0 aliphatic carbocycles. The Balaban J connectivity index is 2.24. The summed E-state index contributed by atoms with van der Waals surface area (Å²) >= 11 is 0. The maximum absolute atomic E-state index is 12.5. The van der Waals surface area contributed by atoms with Crippen LogP contribution < -0.4 is 9.62 Å². The Kier molecular flexibility index (Phi) is 6.45. The van der Waals surface area contributed by atoms with Gasteiger partial charge < -0.3 is 10.2 Å². The predicted molar refractivity (Wildman–Crippen MR) is 111 cm³/mol. The Labute approximate surface area is 166 Å². The molecule has 2 amide bonds. The number of benzene rings is 2. The van der Waals surface area contributed by atoms with Gasteiger partial charge in [-0.2, -0.15) is 0 Å². The zero-order valence-corrected chi connectivity index (χ0v) is 17.5. The van der Waals surface area contributed by atoms with Crippen LogP contribution in [0.5, 0.6) is 0 Å². The molecule has 7 nitrogen and oxygen atoms in total. The molecular formula is C20H25N3O4S. The second kappa shape index (κ2) is 8.43. The van der Waals surface area contributed by atoms with E-state index >= 15 is 0 Å². The van der Waals surface area contributed by atoms with Gasteiger partial charge in [0, 0.05) is 25.3 Å². The highest BCUT2D eigenvalue weighted by Gasteiger charge is 2.21. The summed E-state index contributed by atoms with van der Waals surface area (Å²) in [5.74, 6) is -0.641. The fourth-order valence-corrected chi connectivity index (χ4v) is 3.48. The highest BCUT2D eigenvalue weighted by molar-refractivity contribution is 7.92. The first kappa shape index (κ1) is 21.4. The summed E-state index contributed by atoms with van der Waals surface area (Å²) in [6, 6.07) is 11.8. The second-order valence-corrected chi connectivity index (χ2v) is 8.79. The highest BCUT2D eigenvalue weighted by Crippen LogP contribution is 2.20. The van der Waals surface area contributed by atoms with E-state index in [9.17, 15) is 18.0 Å². The normalized spacial score (nSPS) is 11.0. The quantitative estimate of drug-likeness (QED) is 0.802. The summed E-state index contributed by atoms with van der Waals surface area (Å²) in [7, 11) is -0.425. The summed E-state index contributed by atoms with van der Waals surface area (Å²) in [6.07, 6.45) is 1.04. The van der Waals surface area contributed by atoms with Gasteiger partial charge >= 0.3 is 0 Å². The van der Waals surface area contributed by atoms with E-state index in [2.05, 4.69) is 5.32 Å². The van der Waals surface area contributed by atoms with Gasteiger partial charge in [-0.25, -0.2) is 8.42 Å². The van der Waals surface area contributed by atoms with E-state index < -0.39 is 15.9 Å². The van der Waals surface area contributed by atoms with Gasteiger partial charge in [0.05, 0.1) is 11.9 Å². The molecule has 0 radical (unpaired) electrons. The number of nitrogens with one attached hydrogen (secondary N) is 1. The minimum atomic E-state index is -3.70. The van der Waals surface area contributed by atoms with Crippen LogP contribution in [0.2, 0.25) is 0 Å². The van der Waals surface area contributed by atoms with Crippen molar-refractivity contribution in [2.75, 3.05) is 36.5 Å². The van der Waals surface area contributed by atoms with Gasteiger partial charge in [-0.05, 0) is 55.3 Å². The molecule has 0 heterocycles. The lowest BCUT2D eigenvalue weighted by molar-refractivity contribution is -0.114. The van der Waals surface area contributed by atoms with Crippen LogP contribution >= 0.6 is 0 Å². The lowest BCUT2D eigenvalue weighted by Gasteiger charge is -2.22. The minimum Gasteiger partial charge on any atom is -0.345 e. The SMILES string of the molecule is Cc1ccc(C)c(NC(=O)CN(c2ccc(C(=O)N(C)C)cc2)S(C)(=O)=O)c1. The molecule has 2 rings (SSSR count). The van der Waals surface area contributed by atoms with E-state index in [0.29, 0.717) is 16.9 Å². The number of carbonyl (C=O) groups is 2. The zero-order chi connectivity index (χ0) is 21.1. The number of nitrogens with zero attached hydrogens (tertiary/aromatic N) is 2. The van der Waals surface area contributed by atoms with Gasteiger partial charge in [0.25, 0.3) is 5.91 Å². The van der Waals surface area contributed by atoms with Gasteiger partial charge in [0.1, 0.15) is 6.54 Å². The topological polar surface area (TPSA) is 86.8 Å². The molecule has 28 heavy (non-hydrogen) atoms. The lowest BCUT2D eigenvalue weighted by Crippen LogP contribution is -2.37. The van der Waals surface area contributed by atoms with E-state index in [-0.39, 0.29) is 12.5 Å². The number of hydrogen-bond donors (Lipinski definition) is 1. The molecule has 2 aromatic rings. The molecule has 0 fully saturated rings. The Morgan fingerprint density at radius 1 is 1.00 bits per heavy atom. The fraction of sp³-hybridized carbons (Fsp3) is 0.300. The average molecular weight is 404 g/mol. The third-order valence-electron chi connectivity index (χ3n) is 4.16. The predicted octanol–water partition coefficient (Wildman–Crippen LogP) is 2.41. The smallest absolute Gasteiger partial charge is 0.253 e. The van der Waals surface area contributed by atoms with E-state index in [0.717, 1.165) is 21.7 Å². The summed E-state index contributed by atoms with van der Waals surface area (Å²) < 4.78 is 25.5. The molecular weight excluding hydrogens is 378 g/mol. The molecule has 150 valence electrons. The number of anilines is 2. The van der Waals surface area contributed by atoms with Gasteiger partial charge in [-0.1, -0.05) is 12.1 Å². The van der Waals surface area contributed by atoms with E-state index in [1.807, 2.05) is 32.0 Å². The van der Waals surface area contributed by atoms with Crippen molar-refractivity contribution in [2.24, 2.45) is 0 Å². The Bertz CT molecular complexity index is 983. The van der Waals surface area contributed by atoms with Gasteiger partial charge in [-0.3, -0.25) is 13.9 Å². The molecule has 8 heteroatoms. The number of aryl methyl sites for hydroxylation is 2. The number of sulfonamides is 1. The fourth-order valence-electron chi connectivity index (χ4n) is 2.62. The molecule has 0 spiro atoms. The third-order valence-corrected chi connectivity index (χ3v) is 5.30. The van der Waals surface area contributed by atoms with Crippen molar-refractivity contribution in [1.82, 2.24) is 4.90 Å². The van der Waals surface area contributed by atoms with Crippen molar-refractivity contribution >= 4 is 33.2 Å². The average Bonchev–Trinajstić information content (AvgIpc) is 2.61. The van der Waals surface area contributed by atoms with Crippen LogP contribution in [-0.2, 0) is 14.8 Å². The molecule has 0 bridgehead atoms. The molecule has 0 aromatic heterocycles. The van der Waals surface area contributed by atoms with Crippen LogP contribution in [-0.4, -0.2) is 52.0 Å². The van der Waals surface area contributed by atoms with Crippen molar-refractivity contribution in [3.05, 3.63) is 59.2 Å². The first-order valence-corrected chi connectivity index (χ1v) is 10.5. The number of rotatable bonds is 6. The highest BCUT2D eigenvalue weighted by atomic mass is 32.2. The first-order chi connectivity index (χ1) is 13.0. The molecule has 0 aliphatic heterocycles. The summed E-state index contributed by atoms with van der Waals surface area (Å²) in [5, 5.41) is 2.76. The Hall–Kier alpha value is -2.87. The summed E-state index contributed by atoms with van der Waals surface area (Å²) in [6.45, 7) is 3.41. The second-order valence-electron chi connectivity index (χ2n) is 6.88. The number of carbonyl (C=O) groups excluding carboxylic acids is 2. The lowest BCUT2D eigenvalue weighted by atomic mass is 10.1. The van der Waals surface area contributed by atoms with Crippen molar-refractivity contribution in [3.8, 4) is 0 Å². The van der Waals surface area contributed by atoms with E-state index in [1.54, 1.807) is 26.2 Å². The van der Waals surface area contributed by atoms with Crippen LogP contribution in [0.1, 0.15) is 21.5 Å². The maximum atomic E-state index is 12.5. The number of amides is 2. The van der Waals surface area contributed by atoms with E-state index in [4.69, 9.17) is 0 Å². The molecule has 0 saturated carbocycles. The Morgan fingerprint density at radius 3 is 2.14 bits per heavy atom. The molecule has 2 aromatic carbocycles. The van der Waals surface area contributed by atoms with Crippen molar-refractivity contribution in [2.45, 2.75) is 13.8 Å². The van der Waals surface area contributed by atoms with Crippen molar-refractivity contribution in [1.29, 1.82) is 0 Å². The van der Waals surface area contributed by atoms with Crippen LogP contribution in [0.4, 0.5) is 11.4 Å². The third kappa shape index (κ3) is 5.32. The Morgan fingerprint density at radius 2 is 1.61 bits per heavy atom. The van der Waals surface area contributed by atoms with Crippen LogP contribution in [0, 0.1) is 13.8 Å². The first-order valence-electron chi connectivity index (χ1n) is 8.65. The number of hydrogen-bond acceptors (Lipinski definition) is 4. The molecule has 1 N–H and O–H groups in total. The maximum Gasteiger partial charge on any atom is 0.253 e. The standard InChI is InChI=1S/C20H25N3O4S/c1-14-6-7-15(2)18(12-14)21-19(24)13-23(28(5,26)27)17-10-8-16(9-11-17)20(25)22(3)4/h6-12H,13H2,1-5H3,(H,21,24). The molecule has 0 atom stereocenters. The van der Waals surface area contributed by atoms with Crippen LogP contribution in [0.15, 0.2) is 42.5 Å². The van der Waals surface area contributed by atoms with Gasteiger partial charge in [0.15, 0.2) is 0 Å². The van der Waals surface area contributed by atoms with Gasteiger partial charge in [0.2, 0.25) is 15.9 Å². The minimum absolute atomic E-state index is 0.190. The summed E-state index contributed by atoms with van der Waals surface area (Å²) in [5.41, 5.74) is 3.26. The van der Waals surface area contributed by atoms with Crippen LogP contribution in [0.3, 0.4) is 0 Å². The van der Waals surface area contributed by atoms with Crippen molar-refractivity contribution in [3.63, 3.8) is 0 Å².